The molecule has 0 saturated heterocycles. The monoisotopic (exact) mass is 410 g/mol. The number of hydrazone groups is 1. The van der Waals surface area contributed by atoms with Crippen LogP contribution in [0.3, 0.4) is 0 Å². The lowest BCUT2D eigenvalue weighted by molar-refractivity contribution is -0.384. The molecule has 2 N–H and O–H groups in total. The fraction of sp³-hybridized carbons (Fsp3) is 0.0667. The number of hydrogen-bond acceptors (Lipinski definition) is 5. The molecular formula is C15H12BrClN4O3. The highest BCUT2D eigenvalue weighted by Crippen LogP contribution is 2.20. The predicted molar refractivity (Wildman–Crippen MR) is 96.5 cm³/mol. The summed E-state index contributed by atoms with van der Waals surface area (Å²) in [5, 5.41) is 17.7. The standard InChI is InChI=1S/C15H12BrClN4O3/c16-11-1-3-12(4-2-11)18-9-15(22)20-19-8-10-7-13(21(23)24)5-6-14(10)17/h1-8,18H,9H2,(H,20,22)/b19-8-. The van der Waals surface area contributed by atoms with Crippen LogP contribution in [0.15, 0.2) is 52.0 Å². The molecule has 124 valence electrons. The van der Waals surface area contributed by atoms with Gasteiger partial charge in [-0.05, 0) is 30.3 Å². The number of non-ortho nitro benzene ring substituents is 1. The van der Waals surface area contributed by atoms with Gasteiger partial charge in [-0.3, -0.25) is 14.9 Å². The number of benzene rings is 2. The van der Waals surface area contributed by atoms with Gasteiger partial charge in [-0.15, -0.1) is 0 Å². The SMILES string of the molecule is O=C(CNc1ccc(Br)cc1)N/N=C\c1cc([N+](=O)[O-])ccc1Cl. The lowest BCUT2D eigenvalue weighted by Crippen LogP contribution is -2.25. The molecule has 0 saturated carbocycles. The van der Waals surface area contributed by atoms with Gasteiger partial charge in [-0.2, -0.15) is 5.10 Å². The van der Waals surface area contributed by atoms with Crippen LogP contribution < -0.4 is 10.7 Å². The van der Waals surface area contributed by atoms with E-state index in [0.29, 0.717) is 10.6 Å². The number of hydrogen-bond donors (Lipinski definition) is 2. The van der Waals surface area contributed by atoms with E-state index in [1.807, 2.05) is 24.3 Å². The highest BCUT2D eigenvalue weighted by molar-refractivity contribution is 9.10. The minimum Gasteiger partial charge on any atom is -0.376 e. The van der Waals surface area contributed by atoms with Crippen molar-refractivity contribution in [2.45, 2.75) is 0 Å². The van der Waals surface area contributed by atoms with Gasteiger partial charge in [-0.1, -0.05) is 27.5 Å². The zero-order valence-corrected chi connectivity index (χ0v) is 14.5. The first kappa shape index (κ1) is 17.9. The van der Waals surface area contributed by atoms with Crippen molar-refractivity contribution < 1.29 is 9.72 Å². The fourth-order valence-electron chi connectivity index (χ4n) is 1.71. The Balaban J connectivity index is 1.89. The van der Waals surface area contributed by atoms with Crippen LogP contribution in [0.25, 0.3) is 0 Å². The summed E-state index contributed by atoms with van der Waals surface area (Å²) in [4.78, 5) is 21.9. The molecule has 0 aliphatic carbocycles. The third kappa shape index (κ3) is 5.32. The first-order valence-corrected chi connectivity index (χ1v) is 7.88. The molecule has 0 atom stereocenters. The first-order valence-electron chi connectivity index (χ1n) is 6.71. The minimum absolute atomic E-state index is 0.0294. The summed E-state index contributed by atoms with van der Waals surface area (Å²) >= 11 is 9.25. The van der Waals surface area contributed by atoms with E-state index in [1.54, 1.807) is 0 Å². The van der Waals surface area contributed by atoms with Crippen LogP contribution in [0.5, 0.6) is 0 Å². The van der Waals surface area contributed by atoms with Crippen molar-refractivity contribution in [3.05, 3.63) is 67.6 Å². The molecule has 0 heterocycles. The molecule has 9 heteroatoms. The lowest BCUT2D eigenvalue weighted by atomic mass is 10.2. The van der Waals surface area contributed by atoms with Crippen LogP contribution in [-0.2, 0) is 4.79 Å². The number of nitro benzene ring substituents is 1. The maximum absolute atomic E-state index is 11.7. The first-order chi connectivity index (χ1) is 11.5. The van der Waals surface area contributed by atoms with Gasteiger partial charge in [0.05, 0.1) is 17.7 Å². The molecule has 0 radical (unpaired) electrons. The lowest BCUT2D eigenvalue weighted by Gasteiger charge is -2.05. The molecular weight excluding hydrogens is 400 g/mol. The molecule has 2 aromatic carbocycles. The van der Waals surface area contributed by atoms with Gasteiger partial charge in [0.1, 0.15) is 0 Å². The van der Waals surface area contributed by atoms with Gasteiger partial charge in [0.25, 0.3) is 11.6 Å². The summed E-state index contributed by atoms with van der Waals surface area (Å²) in [6, 6.07) is 11.3. The summed E-state index contributed by atoms with van der Waals surface area (Å²) in [6.07, 6.45) is 1.26. The van der Waals surface area contributed by atoms with E-state index in [1.165, 1.54) is 24.4 Å². The summed E-state index contributed by atoms with van der Waals surface area (Å²) in [5.41, 5.74) is 3.34. The summed E-state index contributed by atoms with van der Waals surface area (Å²) < 4.78 is 0.941. The largest absolute Gasteiger partial charge is 0.376 e. The molecule has 0 aromatic heterocycles. The summed E-state index contributed by atoms with van der Waals surface area (Å²) in [5.74, 6) is -0.365. The van der Waals surface area contributed by atoms with Crippen LogP contribution in [0.2, 0.25) is 5.02 Å². The van der Waals surface area contributed by atoms with Crippen LogP contribution >= 0.6 is 27.5 Å². The molecule has 0 unspecified atom stereocenters. The summed E-state index contributed by atoms with van der Waals surface area (Å²) in [6.45, 7) is 0.0294. The van der Waals surface area contributed by atoms with Crippen molar-refractivity contribution in [3.8, 4) is 0 Å². The number of carbonyl (C=O) groups excluding carboxylic acids is 1. The van der Waals surface area contributed by atoms with Crippen LogP contribution in [0.4, 0.5) is 11.4 Å². The van der Waals surface area contributed by atoms with Crippen molar-refractivity contribution in [2.75, 3.05) is 11.9 Å². The Morgan fingerprint density at radius 2 is 2.00 bits per heavy atom. The Labute approximate surface area is 151 Å². The third-order valence-electron chi connectivity index (χ3n) is 2.88. The fourth-order valence-corrected chi connectivity index (χ4v) is 2.14. The van der Waals surface area contributed by atoms with E-state index >= 15 is 0 Å². The van der Waals surface area contributed by atoms with Crippen molar-refractivity contribution in [3.63, 3.8) is 0 Å². The topological polar surface area (TPSA) is 96.6 Å². The predicted octanol–water partition coefficient (Wildman–Crippen LogP) is 3.57. The second-order valence-electron chi connectivity index (χ2n) is 4.62. The van der Waals surface area contributed by atoms with Crippen molar-refractivity contribution in [1.29, 1.82) is 0 Å². The number of halogens is 2. The number of amides is 1. The molecule has 1 amide bonds. The third-order valence-corrected chi connectivity index (χ3v) is 3.75. The Bertz CT molecular complexity index is 781. The Kier molecular flexibility index (Phi) is 6.28. The number of anilines is 1. The minimum atomic E-state index is -0.533. The van der Waals surface area contributed by atoms with Gasteiger partial charge in [0.2, 0.25) is 0 Å². The average Bonchev–Trinajstić information content (AvgIpc) is 2.56. The molecule has 2 rings (SSSR count). The van der Waals surface area contributed by atoms with E-state index in [4.69, 9.17) is 11.6 Å². The zero-order valence-electron chi connectivity index (χ0n) is 12.2. The second kappa shape index (κ2) is 8.42. The molecule has 0 spiro atoms. The van der Waals surface area contributed by atoms with Gasteiger partial charge in [-0.25, -0.2) is 5.43 Å². The summed E-state index contributed by atoms with van der Waals surface area (Å²) in [7, 11) is 0. The van der Waals surface area contributed by atoms with E-state index in [-0.39, 0.29) is 18.1 Å². The Hall–Kier alpha value is -2.45. The smallest absolute Gasteiger partial charge is 0.270 e. The van der Waals surface area contributed by atoms with E-state index in [9.17, 15) is 14.9 Å². The van der Waals surface area contributed by atoms with Crippen LogP contribution in [-0.4, -0.2) is 23.6 Å². The molecule has 24 heavy (non-hydrogen) atoms. The zero-order chi connectivity index (χ0) is 17.5. The molecule has 0 bridgehead atoms. The van der Waals surface area contributed by atoms with Gasteiger partial charge >= 0.3 is 0 Å². The van der Waals surface area contributed by atoms with Gasteiger partial charge < -0.3 is 5.32 Å². The number of nitro groups is 1. The van der Waals surface area contributed by atoms with Crippen molar-refractivity contribution >= 4 is 51.0 Å². The number of nitrogens with one attached hydrogen (secondary N) is 2. The molecule has 0 fully saturated rings. The van der Waals surface area contributed by atoms with Gasteiger partial charge in [0.15, 0.2) is 0 Å². The van der Waals surface area contributed by atoms with Crippen molar-refractivity contribution in [2.24, 2.45) is 5.10 Å². The van der Waals surface area contributed by atoms with Crippen LogP contribution in [0, 0.1) is 10.1 Å². The van der Waals surface area contributed by atoms with E-state index in [2.05, 4.69) is 31.8 Å². The second-order valence-corrected chi connectivity index (χ2v) is 5.94. The Morgan fingerprint density at radius 1 is 1.29 bits per heavy atom. The molecule has 7 nitrogen and oxygen atoms in total. The quantitative estimate of drug-likeness (QED) is 0.431. The molecule has 0 aliphatic heterocycles. The number of carbonyl (C=O) groups is 1. The normalized spacial score (nSPS) is 10.6. The van der Waals surface area contributed by atoms with E-state index in [0.717, 1.165) is 10.2 Å². The van der Waals surface area contributed by atoms with E-state index < -0.39 is 4.92 Å². The average molecular weight is 412 g/mol. The molecule has 2 aromatic rings. The number of nitrogens with zero attached hydrogens (tertiary/aromatic N) is 2. The highest BCUT2D eigenvalue weighted by Gasteiger charge is 2.08. The Morgan fingerprint density at radius 3 is 2.67 bits per heavy atom. The van der Waals surface area contributed by atoms with Crippen LogP contribution in [0.1, 0.15) is 5.56 Å². The maximum atomic E-state index is 11.7. The van der Waals surface area contributed by atoms with Gasteiger partial charge in [0, 0.05) is 32.9 Å². The molecule has 0 aliphatic rings. The van der Waals surface area contributed by atoms with Crippen molar-refractivity contribution in [1.82, 2.24) is 5.43 Å². The maximum Gasteiger partial charge on any atom is 0.270 e. The highest BCUT2D eigenvalue weighted by atomic mass is 79.9. The number of rotatable bonds is 6.